The summed E-state index contributed by atoms with van der Waals surface area (Å²) in [6.45, 7) is 0. The second kappa shape index (κ2) is 6.07. The van der Waals surface area contributed by atoms with Crippen molar-refractivity contribution in [2.24, 2.45) is 4.99 Å². The molecule has 92 valence electrons. The van der Waals surface area contributed by atoms with Crippen molar-refractivity contribution in [2.75, 3.05) is 12.5 Å². The van der Waals surface area contributed by atoms with Crippen LogP contribution in [0.2, 0.25) is 0 Å². The maximum absolute atomic E-state index is 8.10. The number of aliphatic imine (C=N–C) groups is 1. The molecule has 0 aliphatic heterocycles. The Balaban J connectivity index is 2.38. The maximum atomic E-state index is 8.10. The van der Waals surface area contributed by atoms with Crippen molar-refractivity contribution in [3.8, 4) is 0 Å². The van der Waals surface area contributed by atoms with Crippen LogP contribution >= 0.6 is 23.5 Å². The lowest BCUT2D eigenvalue weighted by Gasteiger charge is -2.11. The van der Waals surface area contributed by atoms with Crippen molar-refractivity contribution < 1.29 is 0 Å². The Morgan fingerprint density at radius 2 is 1.89 bits per heavy atom. The first-order chi connectivity index (χ1) is 8.76. The van der Waals surface area contributed by atoms with Gasteiger partial charge in [0.15, 0.2) is 0 Å². The van der Waals surface area contributed by atoms with Gasteiger partial charge < -0.3 is 0 Å². The van der Waals surface area contributed by atoms with Crippen molar-refractivity contribution in [2.45, 2.75) is 4.90 Å². The van der Waals surface area contributed by atoms with E-state index in [4.69, 9.17) is 5.41 Å². The zero-order valence-electron chi connectivity index (χ0n) is 10.3. The Morgan fingerprint density at radius 3 is 2.61 bits per heavy atom. The highest BCUT2D eigenvalue weighted by molar-refractivity contribution is 8.03. The van der Waals surface area contributed by atoms with E-state index in [0.29, 0.717) is 5.71 Å². The highest BCUT2D eigenvalue weighted by atomic mass is 32.2. The molecule has 1 N–H and O–H groups in total. The number of para-hydroxylation sites is 1. The van der Waals surface area contributed by atoms with Gasteiger partial charge in [-0.05, 0) is 36.8 Å². The van der Waals surface area contributed by atoms with E-state index in [2.05, 4.69) is 4.99 Å². The molecule has 0 spiro atoms. The van der Waals surface area contributed by atoms with Crippen molar-refractivity contribution in [1.82, 2.24) is 0 Å². The van der Waals surface area contributed by atoms with Gasteiger partial charge in [0.25, 0.3) is 0 Å². The molecule has 18 heavy (non-hydrogen) atoms. The number of nitrogens with zero attached hydrogens (tertiary/aromatic N) is 1. The maximum Gasteiger partial charge on any atom is 0.0932 e. The first kappa shape index (κ1) is 13.2. The zero-order chi connectivity index (χ0) is 13.0. The lowest BCUT2D eigenvalue weighted by molar-refractivity contribution is 1.38. The molecule has 1 aliphatic carbocycles. The van der Waals surface area contributed by atoms with Gasteiger partial charge in [0.1, 0.15) is 0 Å². The Morgan fingerprint density at radius 1 is 1.11 bits per heavy atom. The minimum Gasteiger partial charge on any atom is -0.297 e. The number of allylic oxidation sites excluding steroid dienone is 4. The number of rotatable bonds is 3. The molecule has 0 atom stereocenters. The molecule has 0 bridgehead atoms. The van der Waals surface area contributed by atoms with Crippen LogP contribution in [0.5, 0.6) is 0 Å². The van der Waals surface area contributed by atoms with E-state index in [1.807, 2.05) is 55.0 Å². The predicted molar refractivity (Wildman–Crippen MR) is 83.8 cm³/mol. The van der Waals surface area contributed by atoms with Crippen LogP contribution < -0.4 is 0 Å². The average molecular weight is 274 g/mol. The summed E-state index contributed by atoms with van der Waals surface area (Å²) in [7, 11) is 0. The Hall–Kier alpha value is -1.26. The van der Waals surface area contributed by atoms with Crippen LogP contribution in [-0.4, -0.2) is 23.9 Å². The van der Waals surface area contributed by atoms with Gasteiger partial charge in [-0.25, -0.2) is 4.99 Å². The van der Waals surface area contributed by atoms with Gasteiger partial charge in [-0.2, -0.15) is 0 Å². The van der Waals surface area contributed by atoms with E-state index in [-0.39, 0.29) is 0 Å². The monoisotopic (exact) mass is 274 g/mol. The van der Waals surface area contributed by atoms with Gasteiger partial charge in [-0.1, -0.05) is 18.2 Å². The third-order valence-electron chi connectivity index (χ3n) is 2.55. The smallest absolute Gasteiger partial charge is 0.0932 e. The highest BCUT2D eigenvalue weighted by Crippen LogP contribution is 2.28. The van der Waals surface area contributed by atoms with Crippen LogP contribution in [0.1, 0.15) is 0 Å². The van der Waals surface area contributed by atoms with Gasteiger partial charge >= 0.3 is 0 Å². The van der Waals surface area contributed by atoms with Crippen molar-refractivity contribution in [3.63, 3.8) is 0 Å². The summed E-state index contributed by atoms with van der Waals surface area (Å²) in [5.41, 5.74) is 2.15. The predicted octanol–water partition coefficient (Wildman–Crippen LogP) is 4.32. The number of nitrogens with one attached hydrogen (secondary N) is 1. The fourth-order valence-electron chi connectivity index (χ4n) is 1.63. The molecule has 1 aromatic rings. The highest BCUT2D eigenvalue weighted by Gasteiger charge is 2.13. The number of benzene rings is 1. The molecular weight excluding hydrogens is 260 g/mol. The third-order valence-corrected chi connectivity index (χ3v) is 4.12. The number of hydrogen-bond acceptors (Lipinski definition) is 4. The van der Waals surface area contributed by atoms with Gasteiger partial charge in [0, 0.05) is 9.80 Å². The van der Waals surface area contributed by atoms with E-state index in [9.17, 15) is 0 Å². The lowest BCUT2D eigenvalue weighted by Crippen LogP contribution is -2.14. The van der Waals surface area contributed by atoms with Crippen LogP contribution in [0, 0.1) is 5.41 Å². The molecule has 2 nitrogen and oxygen atoms in total. The molecule has 0 amide bonds. The van der Waals surface area contributed by atoms with E-state index in [1.165, 1.54) is 0 Å². The molecule has 0 fully saturated rings. The molecule has 2 rings (SSSR count). The van der Waals surface area contributed by atoms with Gasteiger partial charge in [-0.15, -0.1) is 23.5 Å². The average Bonchev–Trinajstić information content (AvgIpc) is 2.42. The summed E-state index contributed by atoms with van der Waals surface area (Å²) in [6.07, 6.45) is 9.80. The molecule has 0 saturated heterocycles. The molecule has 4 heteroatoms. The minimum absolute atomic E-state index is 0.501. The van der Waals surface area contributed by atoms with E-state index in [0.717, 1.165) is 21.2 Å². The Labute approximate surface area is 116 Å². The topological polar surface area (TPSA) is 36.2 Å². The van der Waals surface area contributed by atoms with Crippen LogP contribution in [0.3, 0.4) is 0 Å². The van der Waals surface area contributed by atoms with Crippen LogP contribution in [0.4, 0.5) is 5.69 Å². The number of hydrogen-bond donors (Lipinski definition) is 1. The normalized spacial score (nSPS) is 17.1. The van der Waals surface area contributed by atoms with Crippen molar-refractivity contribution >= 4 is 40.6 Å². The van der Waals surface area contributed by atoms with Crippen LogP contribution in [0.15, 0.2) is 57.3 Å². The first-order valence-corrected chi connectivity index (χ1v) is 7.94. The Kier molecular flexibility index (Phi) is 4.44. The fraction of sp³-hybridized carbons (Fsp3) is 0.143. The first-order valence-electron chi connectivity index (χ1n) is 5.49. The third kappa shape index (κ3) is 2.76. The fourth-order valence-corrected chi connectivity index (χ4v) is 2.70. The largest absolute Gasteiger partial charge is 0.297 e. The standard InChI is InChI=1S/C14H14N2S2/c1-17-12-8-4-3-6-10(12)16-11-7-5-9-13(18-2)14(11)15/h3-9,15H,1-2H3. The van der Waals surface area contributed by atoms with Gasteiger partial charge in [0.2, 0.25) is 0 Å². The van der Waals surface area contributed by atoms with Crippen molar-refractivity contribution in [3.05, 3.63) is 47.4 Å². The second-order valence-electron chi connectivity index (χ2n) is 3.64. The Bertz CT molecular complexity index is 557. The molecule has 1 aromatic carbocycles. The van der Waals surface area contributed by atoms with E-state index < -0.39 is 0 Å². The molecular formula is C14H14N2S2. The molecule has 0 unspecified atom stereocenters. The summed E-state index contributed by atoms with van der Waals surface area (Å²) in [5.74, 6) is 0. The zero-order valence-corrected chi connectivity index (χ0v) is 11.9. The SMILES string of the molecule is CSC1=CC=CC(=Nc2ccccc2SC)C1=N. The summed E-state index contributed by atoms with van der Waals surface area (Å²) in [5, 5.41) is 8.10. The van der Waals surface area contributed by atoms with E-state index in [1.54, 1.807) is 23.5 Å². The number of thioether (sulfide) groups is 2. The quantitative estimate of drug-likeness (QED) is 0.658. The lowest BCUT2D eigenvalue weighted by atomic mass is 10.1. The second-order valence-corrected chi connectivity index (χ2v) is 5.33. The summed E-state index contributed by atoms with van der Waals surface area (Å²) < 4.78 is 0. The molecule has 0 aromatic heterocycles. The van der Waals surface area contributed by atoms with E-state index >= 15 is 0 Å². The van der Waals surface area contributed by atoms with Crippen molar-refractivity contribution in [1.29, 1.82) is 5.41 Å². The van der Waals surface area contributed by atoms with Crippen LogP contribution in [-0.2, 0) is 0 Å². The molecule has 0 saturated carbocycles. The van der Waals surface area contributed by atoms with Gasteiger partial charge in [-0.3, -0.25) is 5.41 Å². The molecule has 0 radical (unpaired) electrons. The molecule has 1 aliphatic rings. The summed E-state index contributed by atoms with van der Waals surface area (Å²) in [4.78, 5) is 6.69. The van der Waals surface area contributed by atoms with Gasteiger partial charge in [0.05, 0.1) is 17.1 Å². The summed E-state index contributed by atoms with van der Waals surface area (Å²) in [6, 6.07) is 8.01. The summed E-state index contributed by atoms with van der Waals surface area (Å²) >= 11 is 3.25. The van der Waals surface area contributed by atoms with Crippen LogP contribution in [0.25, 0.3) is 0 Å². The molecule has 0 heterocycles. The minimum atomic E-state index is 0.501.